The number of hydrogen-bond acceptors (Lipinski definition) is 6. The van der Waals surface area contributed by atoms with Crippen molar-refractivity contribution in [3.8, 4) is 0 Å². The van der Waals surface area contributed by atoms with Gasteiger partial charge in [0.1, 0.15) is 17.9 Å². The fraction of sp³-hybridized carbons (Fsp3) is 0.263. The minimum atomic E-state index is -5.08. The minimum Gasteiger partial charge on any atom is -0.475 e. The van der Waals surface area contributed by atoms with Crippen LogP contribution in [0.15, 0.2) is 97.1 Å². The summed E-state index contributed by atoms with van der Waals surface area (Å²) in [6.07, 6.45) is -3.87. The number of nitrogen functional groups attached to an aromatic ring is 1. The van der Waals surface area contributed by atoms with Gasteiger partial charge in [-0.05, 0) is 46.7 Å². The smallest absolute Gasteiger partial charge is 0.475 e. The van der Waals surface area contributed by atoms with Gasteiger partial charge < -0.3 is 37.8 Å². The van der Waals surface area contributed by atoms with Crippen molar-refractivity contribution in [2.45, 2.75) is 49.9 Å². The van der Waals surface area contributed by atoms with Crippen molar-refractivity contribution < 1.29 is 37.5 Å². The monoisotopic (exact) mass is 748 g/mol. The molecule has 16 heteroatoms. The van der Waals surface area contributed by atoms with Crippen molar-refractivity contribution in [1.29, 1.82) is 10.8 Å². The molecular formula is C38H43F3N8O5. The third kappa shape index (κ3) is 12.6. The molecule has 0 radical (unpaired) electrons. The van der Waals surface area contributed by atoms with Crippen LogP contribution < -0.4 is 27.8 Å². The Kier molecular flexibility index (Phi) is 15.1. The lowest BCUT2D eigenvalue weighted by Crippen LogP contribution is -2.55. The molecule has 0 heterocycles. The first-order chi connectivity index (χ1) is 25.5. The Hall–Kier alpha value is -6.45. The van der Waals surface area contributed by atoms with Crippen LogP contribution in [0.1, 0.15) is 41.0 Å². The van der Waals surface area contributed by atoms with E-state index >= 15 is 0 Å². The van der Waals surface area contributed by atoms with E-state index < -0.39 is 42.0 Å². The predicted molar refractivity (Wildman–Crippen MR) is 199 cm³/mol. The van der Waals surface area contributed by atoms with Crippen molar-refractivity contribution in [2.24, 2.45) is 17.2 Å². The summed E-state index contributed by atoms with van der Waals surface area (Å²) in [5.74, 6) is -5.11. The number of rotatable bonds is 15. The number of nitrogens with one attached hydrogen (secondary N) is 4. The molecule has 4 rings (SSSR count). The molecule has 11 N–H and O–H groups in total. The van der Waals surface area contributed by atoms with Gasteiger partial charge in [-0.3, -0.25) is 25.2 Å². The van der Waals surface area contributed by atoms with Crippen molar-refractivity contribution in [2.75, 3.05) is 13.6 Å². The van der Waals surface area contributed by atoms with E-state index in [9.17, 15) is 27.6 Å². The van der Waals surface area contributed by atoms with E-state index in [1.54, 1.807) is 19.2 Å². The Morgan fingerprint density at radius 1 is 0.815 bits per heavy atom. The number of carbonyl (C=O) groups is 4. The van der Waals surface area contributed by atoms with Gasteiger partial charge in [-0.15, -0.1) is 0 Å². The summed E-state index contributed by atoms with van der Waals surface area (Å²) in [6, 6.07) is 28.5. The van der Waals surface area contributed by atoms with Gasteiger partial charge in [0.05, 0.1) is 5.92 Å². The highest BCUT2D eigenvalue weighted by Gasteiger charge is 2.38. The second-order valence-corrected chi connectivity index (χ2v) is 12.4. The number of aliphatic carboxylic acids is 1. The Bertz CT molecular complexity index is 1940. The highest BCUT2D eigenvalue weighted by atomic mass is 19.4. The van der Waals surface area contributed by atoms with E-state index in [2.05, 4.69) is 10.6 Å². The second-order valence-electron chi connectivity index (χ2n) is 12.4. The summed E-state index contributed by atoms with van der Waals surface area (Å²) >= 11 is 0. The first-order valence-electron chi connectivity index (χ1n) is 16.7. The lowest BCUT2D eigenvalue weighted by atomic mass is 9.88. The van der Waals surface area contributed by atoms with E-state index in [1.807, 2.05) is 84.9 Å². The number of primary amides is 1. The molecule has 0 aliphatic carbocycles. The predicted octanol–water partition coefficient (Wildman–Crippen LogP) is 3.39. The van der Waals surface area contributed by atoms with Crippen LogP contribution in [0.3, 0.4) is 0 Å². The van der Waals surface area contributed by atoms with Crippen LogP contribution >= 0.6 is 0 Å². The summed E-state index contributed by atoms with van der Waals surface area (Å²) in [5.41, 5.74) is 19.8. The van der Waals surface area contributed by atoms with E-state index in [0.717, 1.165) is 27.5 Å². The van der Waals surface area contributed by atoms with Gasteiger partial charge in [0, 0.05) is 25.6 Å². The van der Waals surface area contributed by atoms with Gasteiger partial charge in [-0.2, -0.15) is 13.2 Å². The van der Waals surface area contributed by atoms with Gasteiger partial charge in [0.15, 0.2) is 5.96 Å². The molecule has 4 aromatic rings. The Labute approximate surface area is 309 Å². The maximum absolute atomic E-state index is 14.5. The van der Waals surface area contributed by atoms with Gasteiger partial charge in [-0.25, -0.2) is 4.79 Å². The molecule has 0 saturated heterocycles. The fourth-order valence-electron chi connectivity index (χ4n) is 5.55. The number of hydrogen-bond donors (Lipinski definition) is 8. The molecule has 13 nitrogen and oxygen atoms in total. The Morgan fingerprint density at radius 2 is 1.39 bits per heavy atom. The molecule has 0 aliphatic rings. The summed E-state index contributed by atoms with van der Waals surface area (Å²) in [7, 11) is 1.61. The zero-order valence-electron chi connectivity index (χ0n) is 29.4. The molecule has 4 aromatic carbocycles. The number of carboxylic acid groups (broad SMARTS) is 1. The zero-order chi connectivity index (χ0) is 40.0. The third-order valence-electron chi connectivity index (χ3n) is 8.46. The molecule has 0 aliphatic heterocycles. The normalized spacial score (nSPS) is 12.6. The summed E-state index contributed by atoms with van der Waals surface area (Å²) in [6.45, 7) is 0.335. The molecule has 0 aromatic heterocycles. The Morgan fingerprint density at radius 3 is 1.94 bits per heavy atom. The zero-order valence-corrected chi connectivity index (χ0v) is 29.4. The number of nitrogens with two attached hydrogens (primary N) is 3. The van der Waals surface area contributed by atoms with Crippen molar-refractivity contribution in [1.82, 2.24) is 15.5 Å². The van der Waals surface area contributed by atoms with Crippen LogP contribution in [0.4, 0.5) is 13.2 Å². The molecule has 0 fully saturated rings. The number of halogens is 3. The number of carboxylic acids is 1. The molecule has 286 valence electrons. The van der Waals surface area contributed by atoms with Crippen LogP contribution in [0.5, 0.6) is 0 Å². The highest BCUT2D eigenvalue weighted by molar-refractivity contribution is 5.95. The largest absolute Gasteiger partial charge is 0.490 e. The van der Waals surface area contributed by atoms with Crippen molar-refractivity contribution in [3.63, 3.8) is 0 Å². The first-order valence-corrected chi connectivity index (χ1v) is 16.7. The van der Waals surface area contributed by atoms with Gasteiger partial charge in [0.2, 0.25) is 17.7 Å². The number of nitrogens with zero attached hydrogens (tertiary/aromatic N) is 1. The molecule has 54 heavy (non-hydrogen) atoms. The van der Waals surface area contributed by atoms with E-state index in [4.69, 9.17) is 37.9 Å². The number of carbonyl (C=O) groups excluding carboxylic acids is 3. The molecular weight excluding hydrogens is 705 g/mol. The third-order valence-corrected chi connectivity index (χ3v) is 8.46. The summed E-state index contributed by atoms with van der Waals surface area (Å²) in [5, 5.41) is 29.7. The summed E-state index contributed by atoms with van der Waals surface area (Å²) in [4.78, 5) is 51.2. The van der Waals surface area contributed by atoms with E-state index in [1.165, 1.54) is 4.90 Å². The van der Waals surface area contributed by atoms with E-state index in [0.29, 0.717) is 24.9 Å². The maximum Gasteiger partial charge on any atom is 0.490 e. The van der Waals surface area contributed by atoms with Crippen molar-refractivity contribution >= 4 is 46.3 Å². The van der Waals surface area contributed by atoms with Crippen LogP contribution in [0, 0.1) is 10.8 Å². The molecule has 3 amide bonds. The number of likely N-dealkylation sites (N-methyl/N-ethyl adjacent to an activating group) is 1. The number of guanidine groups is 1. The lowest BCUT2D eigenvalue weighted by Gasteiger charge is -2.32. The highest BCUT2D eigenvalue weighted by Crippen LogP contribution is 2.28. The van der Waals surface area contributed by atoms with Gasteiger partial charge >= 0.3 is 12.1 Å². The van der Waals surface area contributed by atoms with Crippen LogP contribution in [0.25, 0.3) is 10.8 Å². The summed E-state index contributed by atoms with van der Waals surface area (Å²) < 4.78 is 31.7. The molecule has 3 atom stereocenters. The second kappa shape index (κ2) is 19.4. The minimum absolute atomic E-state index is 0.0439. The number of alkyl halides is 3. The molecule has 0 saturated carbocycles. The van der Waals surface area contributed by atoms with Gasteiger partial charge in [-0.1, -0.05) is 97.1 Å². The van der Waals surface area contributed by atoms with Crippen molar-refractivity contribution in [3.05, 3.63) is 119 Å². The topological polar surface area (TPSA) is 242 Å². The Balaban J connectivity index is 0.00000102. The molecule has 0 bridgehead atoms. The number of fused-ring (bicyclic) bond motifs is 1. The number of amidine groups is 1. The average Bonchev–Trinajstić information content (AvgIpc) is 3.13. The standard InChI is InChI=1S/C36H42N8O3.C2HF3O2/c1-44(31(21-23-8-3-2-4-9-23)34(46)43-30(33(39)45)12-7-19-42-36(40)41)35(47)29(20-24-13-15-26(16-14-24)32(37)38)28-18-17-25-10-5-6-11-27(25)22-28;3-2(4,5)1(6)7/h2-6,8-11,13-18,22,29-31H,7,12,19-21H2,1H3,(H3,37,38)(H2,39,45)(H,43,46)(H4,40,41,42);(H,6,7)/t29-,30+,31+;/m1./s1. The fourth-order valence-corrected chi connectivity index (χ4v) is 5.55. The van der Waals surface area contributed by atoms with Crippen LogP contribution in [-0.4, -0.2) is 77.3 Å². The van der Waals surface area contributed by atoms with Crippen LogP contribution in [-0.2, 0) is 32.0 Å². The average molecular weight is 749 g/mol. The molecule has 0 unspecified atom stereocenters. The maximum atomic E-state index is 14.5. The SMILES string of the molecule is CN(C(=O)[C@H](Cc1ccc(C(=N)N)cc1)c1ccc2ccccc2c1)[C@@H](Cc1ccccc1)C(=O)N[C@@H](CCCNC(=N)N)C(N)=O.O=C(O)C(F)(F)F. The number of benzene rings is 4. The number of amides is 3. The lowest BCUT2D eigenvalue weighted by molar-refractivity contribution is -0.192. The van der Waals surface area contributed by atoms with E-state index in [-0.39, 0.29) is 30.5 Å². The van der Waals surface area contributed by atoms with Crippen LogP contribution in [0.2, 0.25) is 0 Å². The first kappa shape index (κ1) is 42.0. The molecule has 0 spiro atoms. The quantitative estimate of drug-likeness (QED) is 0.0508. The van der Waals surface area contributed by atoms with Gasteiger partial charge in [0.25, 0.3) is 0 Å².